The average Bonchev–Trinajstić information content (AvgIpc) is 2.89. The van der Waals surface area contributed by atoms with Gasteiger partial charge in [-0.3, -0.25) is 0 Å². The fourth-order valence-corrected chi connectivity index (χ4v) is 2.96. The molecule has 1 nitrogen and oxygen atoms in total. The highest BCUT2D eigenvalue weighted by molar-refractivity contribution is 5.48. The van der Waals surface area contributed by atoms with Crippen molar-refractivity contribution in [3.8, 4) is 0 Å². The van der Waals surface area contributed by atoms with Crippen molar-refractivity contribution in [1.82, 2.24) is 5.32 Å². The molecule has 0 saturated heterocycles. The lowest BCUT2D eigenvalue weighted by Gasteiger charge is -2.27. The average molecular weight is 243 g/mol. The summed E-state index contributed by atoms with van der Waals surface area (Å²) in [6, 6.07) is 10.5. The molecule has 1 saturated carbocycles. The number of rotatable bonds is 6. The molecule has 98 valence electrons. The number of benzene rings is 1. The van der Waals surface area contributed by atoms with Gasteiger partial charge in [-0.15, -0.1) is 0 Å². The number of hydrogen-bond donors (Lipinski definition) is 1. The molecule has 1 aromatic rings. The normalized spacial score (nSPS) is 18.5. The molecule has 0 radical (unpaired) electrons. The molecule has 1 fully saturated rings. The van der Waals surface area contributed by atoms with Crippen molar-refractivity contribution in [2.45, 2.75) is 39.0 Å². The summed E-state index contributed by atoms with van der Waals surface area (Å²) in [4.78, 5) is 0. The van der Waals surface area contributed by atoms with E-state index in [1.54, 1.807) is 0 Å². The Morgan fingerprint density at radius 1 is 1.17 bits per heavy atom. The van der Waals surface area contributed by atoms with E-state index in [-0.39, 0.29) is 0 Å². The Balaban J connectivity index is 1.71. The van der Waals surface area contributed by atoms with Gasteiger partial charge in [-0.2, -0.15) is 0 Å². The third-order valence-electron chi connectivity index (χ3n) is 4.29. The highest BCUT2D eigenvalue weighted by atomic mass is 14.9. The van der Waals surface area contributed by atoms with Gasteiger partial charge in [-0.1, -0.05) is 62.2 Å². The molecule has 0 heterocycles. The SMILES string of the molecule is CCC1(CNC/C=C/c2ccccc2)CCCC1. The molecule has 1 N–H and O–H groups in total. The molecule has 0 amide bonds. The standard InChI is InChI=1S/C17H25N/c1-2-17(12-6-7-13-17)15-18-14-8-11-16-9-4-3-5-10-16/h3-5,8-11,18H,2,6-7,12-15H2,1H3/b11-8+. The Kier molecular flexibility index (Phi) is 5.00. The second-order valence-electron chi connectivity index (χ2n) is 5.50. The predicted octanol–water partition coefficient (Wildman–Crippen LogP) is 4.26. The molecule has 0 spiro atoms. The molecule has 0 aliphatic heterocycles. The van der Waals surface area contributed by atoms with Crippen molar-refractivity contribution < 1.29 is 0 Å². The smallest absolute Gasteiger partial charge is 0.0138 e. The molecular weight excluding hydrogens is 218 g/mol. The summed E-state index contributed by atoms with van der Waals surface area (Å²) in [6.07, 6.45) is 11.4. The Morgan fingerprint density at radius 3 is 2.56 bits per heavy atom. The zero-order chi connectivity index (χ0) is 12.7. The first-order valence-electron chi connectivity index (χ1n) is 7.27. The third-order valence-corrected chi connectivity index (χ3v) is 4.29. The van der Waals surface area contributed by atoms with Crippen LogP contribution in [0.2, 0.25) is 0 Å². The van der Waals surface area contributed by atoms with Gasteiger partial charge < -0.3 is 5.32 Å². The van der Waals surface area contributed by atoms with Crippen LogP contribution in [0.5, 0.6) is 0 Å². The van der Waals surface area contributed by atoms with Gasteiger partial charge in [0.05, 0.1) is 0 Å². The van der Waals surface area contributed by atoms with E-state index >= 15 is 0 Å². The lowest BCUT2D eigenvalue weighted by molar-refractivity contribution is 0.273. The van der Waals surface area contributed by atoms with E-state index in [1.807, 2.05) is 0 Å². The Hall–Kier alpha value is -1.08. The molecule has 1 aromatic carbocycles. The first-order chi connectivity index (χ1) is 8.85. The van der Waals surface area contributed by atoms with Crippen LogP contribution in [0.1, 0.15) is 44.6 Å². The molecule has 0 aromatic heterocycles. The summed E-state index contributed by atoms with van der Waals surface area (Å²) in [7, 11) is 0. The minimum absolute atomic E-state index is 0.598. The number of nitrogens with one attached hydrogen (secondary N) is 1. The summed E-state index contributed by atoms with van der Waals surface area (Å²) in [5.41, 5.74) is 1.88. The minimum Gasteiger partial charge on any atom is -0.313 e. The first kappa shape index (κ1) is 13.4. The molecular formula is C17H25N. The van der Waals surface area contributed by atoms with E-state index in [0.717, 1.165) is 6.54 Å². The maximum absolute atomic E-state index is 3.60. The quantitative estimate of drug-likeness (QED) is 0.736. The summed E-state index contributed by atoms with van der Waals surface area (Å²) in [5, 5.41) is 3.60. The van der Waals surface area contributed by atoms with Crippen LogP contribution in [-0.2, 0) is 0 Å². The van der Waals surface area contributed by atoms with Crippen LogP contribution < -0.4 is 5.32 Å². The van der Waals surface area contributed by atoms with E-state index in [1.165, 1.54) is 44.2 Å². The summed E-state index contributed by atoms with van der Waals surface area (Å²) < 4.78 is 0. The van der Waals surface area contributed by atoms with Crippen LogP contribution in [0.3, 0.4) is 0 Å². The second-order valence-corrected chi connectivity index (χ2v) is 5.50. The maximum Gasteiger partial charge on any atom is 0.0138 e. The maximum atomic E-state index is 3.60. The highest BCUT2D eigenvalue weighted by Gasteiger charge is 2.30. The monoisotopic (exact) mass is 243 g/mol. The summed E-state index contributed by atoms with van der Waals surface area (Å²) in [5.74, 6) is 0. The third kappa shape index (κ3) is 3.71. The Bertz CT molecular complexity index is 360. The molecule has 1 heteroatoms. The highest BCUT2D eigenvalue weighted by Crippen LogP contribution is 2.40. The number of hydrogen-bond acceptors (Lipinski definition) is 1. The van der Waals surface area contributed by atoms with Crippen LogP contribution in [0.25, 0.3) is 6.08 Å². The van der Waals surface area contributed by atoms with E-state index in [4.69, 9.17) is 0 Å². The van der Waals surface area contributed by atoms with Crippen molar-refractivity contribution in [2.75, 3.05) is 13.1 Å². The van der Waals surface area contributed by atoms with Gasteiger partial charge >= 0.3 is 0 Å². The largest absolute Gasteiger partial charge is 0.313 e. The van der Waals surface area contributed by atoms with Crippen molar-refractivity contribution in [1.29, 1.82) is 0 Å². The summed E-state index contributed by atoms with van der Waals surface area (Å²) >= 11 is 0. The van der Waals surface area contributed by atoms with Gasteiger partial charge in [0.15, 0.2) is 0 Å². The first-order valence-corrected chi connectivity index (χ1v) is 7.27. The second kappa shape index (κ2) is 6.75. The van der Waals surface area contributed by atoms with E-state index in [9.17, 15) is 0 Å². The zero-order valence-electron chi connectivity index (χ0n) is 11.5. The van der Waals surface area contributed by atoms with Crippen LogP contribution in [0.15, 0.2) is 36.4 Å². The predicted molar refractivity (Wildman–Crippen MR) is 79.5 cm³/mol. The van der Waals surface area contributed by atoms with Gasteiger partial charge in [-0.05, 0) is 30.2 Å². The van der Waals surface area contributed by atoms with Gasteiger partial charge in [0, 0.05) is 13.1 Å². The summed E-state index contributed by atoms with van der Waals surface area (Å²) in [6.45, 7) is 4.51. The lowest BCUT2D eigenvalue weighted by atomic mass is 9.83. The molecule has 2 rings (SSSR count). The van der Waals surface area contributed by atoms with E-state index in [2.05, 4.69) is 54.7 Å². The van der Waals surface area contributed by atoms with E-state index in [0.29, 0.717) is 5.41 Å². The van der Waals surface area contributed by atoms with Crippen LogP contribution in [-0.4, -0.2) is 13.1 Å². The van der Waals surface area contributed by atoms with Gasteiger partial charge in [0.2, 0.25) is 0 Å². The fourth-order valence-electron chi connectivity index (χ4n) is 2.96. The van der Waals surface area contributed by atoms with Gasteiger partial charge in [0.25, 0.3) is 0 Å². The van der Waals surface area contributed by atoms with Crippen molar-refractivity contribution in [3.63, 3.8) is 0 Å². The van der Waals surface area contributed by atoms with Gasteiger partial charge in [0.1, 0.15) is 0 Å². The van der Waals surface area contributed by atoms with Crippen LogP contribution in [0, 0.1) is 5.41 Å². The molecule has 0 bridgehead atoms. The Labute approximate surface area is 111 Å². The zero-order valence-corrected chi connectivity index (χ0v) is 11.5. The van der Waals surface area contributed by atoms with Crippen molar-refractivity contribution in [3.05, 3.63) is 42.0 Å². The molecule has 1 aliphatic carbocycles. The molecule has 1 aliphatic rings. The van der Waals surface area contributed by atoms with Crippen molar-refractivity contribution in [2.24, 2.45) is 5.41 Å². The topological polar surface area (TPSA) is 12.0 Å². The van der Waals surface area contributed by atoms with Crippen LogP contribution in [0.4, 0.5) is 0 Å². The molecule has 0 unspecified atom stereocenters. The van der Waals surface area contributed by atoms with Gasteiger partial charge in [-0.25, -0.2) is 0 Å². The fraction of sp³-hybridized carbons (Fsp3) is 0.529. The molecule has 0 atom stereocenters. The van der Waals surface area contributed by atoms with E-state index < -0.39 is 0 Å². The van der Waals surface area contributed by atoms with Crippen molar-refractivity contribution >= 4 is 6.08 Å². The van der Waals surface area contributed by atoms with Crippen LogP contribution >= 0.6 is 0 Å². The lowest BCUT2D eigenvalue weighted by Crippen LogP contribution is -2.31. The Morgan fingerprint density at radius 2 is 1.89 bits per heavy atom. The molecule has 18 heavy (non-hydrogen) atoms. The minimum atomic E-state index is 0.598.